The molecule has 0 spiro atoms. The molecule has 19 heavy (non-hydrogen) atoms. The van der Waals surface area contributed by atoms with E-state index in [0.717, 1.165) is 6.42 Å². The number of rotatable bonds is 9. The van der Waals surface area contributed by atoms with Crippen molar-refractivity contribution in [2.75, 3.05) is 0 Å². The van der Waals surface area contributed by atoms with Crippen LogP contribution in [0.5, 0.6) is 0 Å². The predicted molar refractivity (Wildman–Crippen MR) is 70.0 cm³/mol. The fourth-order valence-corrected chi connectivity index (χ4v) is 1.49. The molecule has 0 amide bonds. The molecule has 0 aromatic rings. The first-order valence-electron chi connectivity index (χ1n) is 5.71. The van der Waals surface area contributed by atoms with Crippen molar-refractivity contribution in [3.63, 3.8) is 0 Å². The molecule has 0 aromatic heterocycles. The zero-order chi connectivity index (χ0) is 9.07. The zero-order valence-electron chi connectivity index (χ0n) is 12.8. The molecule has 0 heterocycles. The number of halogens is 4. The molecule has 0 aromatic carbocycles. The summed E-state index contributed by atoms with van der Waals surface area (Å²) >= 11 is 0. The van der Waals surface area contributed by atoms with Crippen LogP contribution in [0.4, 0.5) is 0 Å². The molecular formula is C14H31CeCl4-3. The van der Waals surface area contributed by atoms with Gasteiger partial charge < -0.3 is 71.4 Å². The molecule has 0 aliphatic carbocycles. The van der Waals surface area contributed by atoms with E-state index in [1.54, 1.807) is 0 Å². The maximum atomic E-state index is 3.84. The molecule has 0 aliphatic rings. The Morgan fingerprint density at radius 1 is 0.579 bits per heavy atom. The Bertz CT molecular complexity index is 75.8. The molecule has 0 N–H and O–H groups in total. The monoisotopic (exact) mass is 479 g/mol. The fourth-order valence-electron chi connectivity index (χ4n) is 1.49. The fraction of sp³-hybridized carbons (Fsp3) is 0.786. The minimum Gasteiger partial charge on any atom is -1.00 e. The molecule has 122 valence electrons. The second-order valence-electron chi connectivity index (χ2n) is 3.68. The van der Waals surface area contributed by atoms with E-state index in [1.165, 1.54) is 57.8 Å². The van der Waals surface area contributed by atoms with Gasteiger partial charge in [0.05, 0.1) is 0 Å². The molecule has 0 saturated heterocycles. The molecule has 0 nitrogen and oxygen atoms in total. The van der Waals surface area contributed by atoms with Crippen molar-refractivity contribution in [3.8, 4) is 0 Å². The minimum absolute atomic E-state index is 0. The molecule has 0 rings (SSSR count). The maximum Gasteiger partial charge on any atom is 4.00 e. The Kier molecular flexibility index (Phi) is 130. The molecule has 0 aliphatic heterocycles. The quantitative estimate of drug-likeness (QED) is 0.227. The van der Waals surface area contributed by atoms with E-state index >= 15 is 0 Å². The summed E-state index contributed by atoms with van der Waals surface area (Å²) in [6, 6.07) is 0. The first-order valence-corrected chi connectivity index (χ1v) is 5.71. The third kappa shape index (κ3) is 53.0. The second kappa shape index (κ2) is 49.9. The van der Waals surface area contributed by atoms with Gasteiger partial charge in [-0.3, -0.25) is 0 Å². The molecule has 0 unspecified atom stereocenters. The van der Waals surface area contributed by atoms with Gasteiger partial charge in [-0.2, -0.15) is 6.42 Å². The Morgan fingerprint density at radius 3 is 1.11 bits per heavy atom. The van der Waals surface area contributed by atoms with Crippen LogP contribution >= 0.6 is 0 Å². The normalized spacial score (nSPS) is 6.63. The third-order valence-corrected chi connectivity index (χ3v) is 2.35. The average Bonchev–Trinajstić information content (AvgIpc) is 2.10. The van der Waals surface area contributed by atoms with E-state index in [4.69, 9.17) is 0 Å². The smallest absolute Gasteiger partial charge is 1.00 e. The first-order chi connectivity index (χ1) is 5.91. The van der Waals surface area contributed by atoms with Crippen LogP contribution in [0, 0.1) is 63.5 Å². The summed E-state index contributed by atoms with van der Waals surface area (Å²) in [5, 5.41) is 0. The molecule has 0 atom stereocenters. The summed E-state index contributed by atoms with van der Waals surface area (Å²) in [7, 11) is 0. The van der Waals surface area contributed by atoms with Crippen molar-refractivity contribution in [2.24, 2.45) is 0 Å². The summed E-state index contributed by atoms with van der Waals surface area (Å²) < 4.78 is 0. The SMILES string of the molecule is [CH2-]CCCCCCCCCCC.[CH3-].[CH3-].[Ce+4].[Cl-].[Cl-].[Cl-].[Cl-]. The van der Waals surface area contributed by atoms with E-state index < -0.39 is 0 Å². The van der Waals surface area contributed by atoms with Gasteiger partial charge in [0, 0.05) is 0 Å². The van der Waals surface area contributed by atoms with Gasteiger partial charge in [0.1, 0.15) is 0 Å². The number of unbranched alkanes of at least 4 members (excludes halogenated alkanes) is 9. The summed E-state index contributed by atoms with van der Waals surface area (Å²) in [6.45, 7) is 6.12. The summed E-state index contributed by atoms with van der Waals surface area (Å²) in [6.07, 6.45) is 13.9. The van der Waals surface area contributed by atoms with E-state index in [9.17, 15) is 0 Å². The summed E-state index contributed by atoms with van der Waals surface area (Å²) in [5.74, 6) is 0. The van der Waals surface area contributed by atoms with Gasteiger partial charge in [-0.05, 0) is 0 Å². The van der Waals surface area contributed by atoms with Crippen molar-refractivity contribution >= 4 is 0 Å². The topological polar surface area (TPSA) is 0 Å². The van der Waals surface area contributed by atoms with Crippen LogP contribution in [0.3, 0.4) is 0 Å². The zero-order valence-corrected chi connectivity index (χ0v) is 19.0. The van der Waals surface area contributed by atoms with Crippen LogP contribution in [0.2, 0.25) is 0 Å². The van der Waals surface area contributed by atoms with Gasteiger partial charge in [0.2, 0.25) is 0 Å². The van der Waals surface area contributed by atoms with Crippen LogP contribution < -0.4 is 49.6 Å². The Balaban J connectivity index is -0.0000000288. The van der Waals surface area contributed by atoms with Gasteiger partial charge in [-0.15, -0.1) is 0 Å². The van der Waals surface area contributed by atoms with Crippen LogP contribution in [0.25, 0.3) is 0 Å². The molecule has 0 fully saturated rings. The van der Waals surface area contributed by atoms with Crippen molar-refractivity contribution in [3.05, 3.63) is 21.8 Å². The standard InChI is InChI=1S/C12H25.2CH3.Ce.4ClH/c1-3-5-7-9-11-12-10-8-6-4-2;;;;;;;/h1,3-12H2,2H3;2*1H3;;4*1H/q3*-1;+4;;;;/p-4. The van der Waals surface area contributed by atoms with Crippen LogP contribution in [0.1, 0.15) is 71.1 Å². The van der Waals surface area contributed by atoms with E-state index in [1.807, 2.05) is 0 Å². The van der Waals surface area contributed by atoms with E-state index in [-0.39, 0.29) is 106 Å². The molecular weight excluding hydrogens is 450 g/mol. The molecule has 0 saturated carbocycles. The third-order valence-electron chi connectivity index (χ3n) is 2.35. The Labute approximate surface area is 182 Å². The van der Waals surface area contributed by atoms with Crippen molar-refractivity contribution < 1.29 is 91.4 Å². The average molecular weight is 481 g/mol. The van der Waals surface area contributed by atoms with Gasteiger partial charge in [0.25, 0.3) is 0 Å². The van der Waals surface area contributed by atoms with Crippen LogP contribution in [-0.2, 0) is 0 Å². The maximum absolute atomic E-state index is 3.84. The Hall–Kier alpha value is 2.54. The summed E-state index contributed by atoms with van der Waals surface area (Å²) in [5.41, 5.74) is 0. The molecule has 0 radical (unpaired) electrons. The number of hydrogen-bond donors (Lipinski definition) is 0. The largest absolute Gasteiger partial charge is 4.00 e. The molecule has 5 heteroatoms. The second-order valence-corrected chi connectivity index (χ2v) is 3.68. The van der Waals surface area contributed by atoms with E-state index in [2.05, 4.69) is 13.8 Å². The first kappa shape index (κ1) is 49.6. The van der Waals surface area contributed by atoms with Gasteiger partial charge >= 0.3 is 41.7 Å². The van der Waals surface area contributed by atoms with Crippen molar-refractivity contribution in [1.82, 2.24) is 0 Å². The minimum atomic E-state index is 0. The molecule has 0 bridgehead atoms. The van der Waals surface area contributed by atoms with Gasteiger partial charge in [-0.1, -0.05) is 64.7 Å². The Morgan fingerprint density at radius 2 is 0.842 bits per heavy atom. The van der Waals surface area contributed by atoms with Crippen molar-refractivity contribution in [1.29, 1.82) is 0 Å². The van der Waals surface area contributed by atoms with Gasteiger partial charge in [0.15, 0.2) is 0 Å². The van der Waals surface area contributed by atoms with Crippen LogP contribution in [-0.4, -0.2) is 0 Å². The van der Waals surface area contributed by atoms with Gasteiger partial charge in [-0.25, -0.2) is 0 Å². The van der Waals surface area contributed by atoms with Crippen LogP contribution in [0.15, 0.2) is 0 Å². The van der Waals surface area contributed by atoms with E-state index in [0.29, 0.717) is 0 Å². The predicted octanol–water partition coefficient (Wildman–Crippen LogP) is -6.34. The van der Waals surface area contributed by atoms with Crippen molar-refractivity contribution in [2.45, 2.75) is 71.1 Å². The number of hydrogen-bond acceptors (Lipinski definition) is 0. The summed E-state index contributed by atoms with van der Waals surface area (Å²) in [4.78, 5) is 0.